The highest BCUT2D eigenvalue weighted by atomic mass is 16.5. The van der Waals surface area contributed by atoms with Crippen molar-refractivity contribution in [3.8, 4) is 11.5 Å². The fourth-order valence-corrected chi connectivity index (χ4v) is 2.92. The Morgan fingerprint density at radius 1 is 0.828 bits per heavy atom. The van der Waals surface area contributed by atoms with E-state index in [4.69, 9.17) is 9.47 Å². The van der Waals surface area contributed by atoms with Gasteiger partial charge < -0.3 is 24.8 Å². The van der Waals surface area contributed by atoms with Crippen molar-refractivity contribution < 1.29 is 14.3 Å². The van der Waals surface area contributed by atoms with Crippen LogP contribution in [0.15, 0.2) is 77.6 Å². The lowest BCUT2D eigenvalue weighted by Gasteiger charge is -2.12. The predicted octanol–water partition coefficient (Wildman–Crippen LogP) is 3.57. The number of fused-ring (bicyclic) bond motifs is 1. The normalized spacial score (nSPS) is 10.6. The van der Waals surface area contributed by atoms with E-state index >= 15 is 0 Å². The highest BCUT2D eigenvalue weighted by molar-refractivity contribution is 6.06. The lowest BCUT2D eigenvalue weighted by molar-refractivity contribution is 0.102. The molecule has 7 heteroatoms. The lowest BCUT2D eigenvalue weighted by atomic mass is 10.2. The van der Waals surface area contributed by atoms with Crippen LogP contribution in [0.3, 0.4) is 0 Å². The molecule has 0 spiro atoms. The number of nitrogens with one attached hydrogen (secondary N) is 3. The molecule has 0 radical (unpaired) electrons. The van der Waals surface area contributed by atoms with Crippen molar-refractivity contribution in [1.82, 2.24) is 9.97 Å². The number of hydrogen-bond acceptors (Lipinski definition) is 4. The van der Waals surface area contributed by atoms with E-state index in [1.54, 1.807) is 42.5 Å². The number of aromatic nitrogens is 2. The number of hydrogen-bond donors (Lipinski definition) is 3. The third kappa shape index (κ3) is 4.47. The van der Waals surface area contributed by atoms with Crippen LogP contribution in [-0.2, 0) is 0 Å². The number of benzene rings is 3. The zero-order valence-corrected chi connectivity index (χ0v) is 15.5. The van der Waals surface area contributed by atoms with Crippen LogP contribution in [-0.4, -0.2) is 29.1 Å². The molecule has 1 aromatic heterocycles. The second kappa shape index (κ2) is 8.35. The van der Waals surface area contributed by atoms with Gasteiger partial charge in [-0.05, 0) is 42.5 Å². The molecule has 0 fully saturated rings. The van der Waals surface area contributed by atoms with E-state index in [0.29, 0.717) is 41.2 Å². The number of carbonyl (C=O) groups is 1. The number of carbonyl (C=O) groups excluding carboxylic acids is 1. The van der Waals surface area contributed by atoms with Gasteiger partial charge in [0.25, 0.3) is 5.91 Å². The van der Waals surface area contributed by atoms with Crippen LogP contribution in [0.25, 0.3) is 11.0 Å². The topological polar surface area (TPSA) is 96.2 Å². The van der Waals surface area contributed by atoms with Crippen molar-refractivity contribution in [3.63, 3.8) is 0 Å². The Balaban J connectivity index is 1.41. The van der Waals surface area contributed by atoms with E-state index in [-0.39, 0.29) is 11.6 Å². The minimum Gasteiger partial charge on any atom is -0.490 e. The molecule has 0 aliphatic rings. The van der Waals surface area contributed by atoms with Gasteiger partial charge in [-0.15, -0.1) is 0 Å². The summed E-state index contributed by atoms with van der Waals surface area (Å²) in [5.41, 5.74) is 1.99. The van der Waals surface area contributed by atoms with Gasteiger partial charge in [-0.1, -0.05) is 30.3 Å². The highest BCUT2D eigenvalue weighted by Crippen LogP contribution is 2.21. The second-order valence-corrected chi connectivity index (χ2v) is 6.30. The molecular weight excluding hydrogens is 370 g/mol. The Morgan fingerprint density at radius 2 is 1.55 bits per heavy atom. The first-order chi connectivity index (χ1) is 14.2. The van der Waals surface area contributed by atoms with Crippen LogP contribution in [0, 0.1) is 0 Å². The Bertz CT molecular complexity index is 1180. The summed E-state index contributed by atoms with van der Waals surface area (Å²) in [7, 11) is 0. The quantitative estimate of drug-likeness (QED) is 0.421. The van der Waals surface area contributed by atoms with Gasteiger partial charge in [0, 0.05) is 5.69 Å². The van der Waals surface area contributed by atoms with Gasteiger partial charge in [0.15, 0.2) is 0 Å². The van der Waals surface area contributed by atoms with Gasteiger partial charge in [-0.25, -0.2) is 4.79 Å². The molecule has 0 aliphatic carbocycles. The summed E-state index contributed by atoms with van der Waals surface area (Å²) >= 11 is 0. The highest BCUT2D eigenvalue weighted by Gasteiger charge is 2.13. The van der Waals surface area contributed by atoms with Gasteiger partial charge in [0.1, 0.15) is 24.7 Å². The van der Waals surface area contributed by atoms with Crippen molar-refractivity contribution in [2.24, 2.45) is 0 Å². The number of para-hydroxylation sites is 2. The third-order valence-electron chi connectivity index (χ3n) is 4.26. The van der Waals surface area contributed by atoms with Gasteiger partial charge in [0.2, 0.25) is 0 Å². The van der Waals surface area contributed by atoms with Crippen LogP contribution < -0.4 is 20.5 Å². The molecule has 1 amide bonds. The van der Waals surface area contributed by atoms with E-state index in [9.17, 15) is 9.59 Å². The monoisotopic (exact) mass is 389 g/mol. The second-order valence-electron chi connectivity index (χ2n) is 6.30. The van der Waals surface area contributed by atoms with Gasteiger partial charge in [-0.3, -0.25) is 4.79 Å². The minimum absolute atomic E-state index is 0.292. The molecule has 0 atom stereocenters. The Hall–Kier alpha value is -4.00. The number of rotatable bonds is 7. The zero-order valence-electron chi connectivity index (χ0n) is 15.5. The molecule has 4 rings (SSSR count). The fraction of sp³-hybridized carbons (Fsp3) is 0.0909. The summed E-state index contributed by atoms with van der Waals surface area (Å²) in [5.74, 6) is 0.930. The van der Waals surface area contributed by atoms with Crippen LogP contribution in [0.4, 0.5) is 5.69 Å². The van der Waals surface area contributed by atoms with Crippen molar-refractivity contribution in [3.05, 3.63) is 88.8 Å². The number of imidazole rings is 1. The summed E-state index contributed by atoms with van der Waals surface area (Å²) in [4.78, 5) is 29.4. The predicted molar refractivity (Wildman–Crippen MR) is 111 cm³/mol. The zero-order chi connectivity index (χ0) is 20.1. The average molecular weight is 389 g/mol. The van der Waals surface area contributed by atoms with Crippen LogP contribution in [0.2, 0.25) is 0 Å². The molecule has 3 N–H and O–H groups in total. The summed E-state index contributed by atoms with van der Waals surface area (Å²) in [5, 5.41) is 2.83. The fourth-order valence-electron chi connectivity index (χ4n) is 2.92. The third-order valence-corrected chi connectivity index (χ3v) is 4.26. The smallest absolute Gasteiger partial charge is 0.323 e. The summed E-state index contributed by atoms with van der Waals surface area (Å²) in [6, 6.07) is 21.6. The molecule has 3 aromatic carbocycles. The van der Waals surface area contributed by atoms with Gasteiger partial charge >= 0.3 is 5.69 Å². The Kier molecular flexibility index (Phi) is 5.29. The van der Waals surface area contributed by atoms with E-state index in [0.717, 1.165) is 5.75 Å². The van der Waals surface area contributed by atoms with Crippen LogP contribution in [0.5, 0.6) is 11.5 Å². The maximum absolute atomic E-state index is 12.7. The number of amides is 1. The standard InChI is InChI=1S/C22H19N3O4/c26-21(23-15-10-11-18-19(14-15)25-22(27)24-18)17-8-4-5-9-20(17)29-13-12-28-16-6-2-1-3-7-16/h1-11,14H,12-13H2,(H,23,26)(H2,24,25,27). The van der Waals surface area contributed by atoms with Crippen LogP contribution in [0.1, 0.15) is 10.4 Å². The van der Waals surface area contributed by atoms with Crippen molar-refractivity contribution in [1.29, 1.82) is 0 Å². The Morgan fingerprint density at radius 3 is 2.41 bits per heavy atom. The van der Waals surface area contributed by atoms with Crippen molar-refractivity contribution in [2.75, 3.05) is 18.5 Å². The average Bonchev–Trinajstić information content (AvgIpc) is 3.11. The molecule has 4 aromatic rings. The number of anilines is 1. The molecule has 0 bridgehead atoms. The minimum atomic E-state index is -0.304. The lowest BCUT2D eigenvalue weighted by Crippen LogP contribution is -2.15. The molecule has 146 valence electrons. The SMILES string of the molecule is O=C(Nc1ccc2[nH]c(=O)[nH]c2c1)c1ccccc1OCCOc1ccccc1. The maximum atomic E-state index is 12.7. The van der Waals surface area contributed by atoms with E-state index in [1.807, 2.05) is 30.3 Å². The van der Waals surface area contributed by atoms with Crippen molar-refractivity contribution >= 4 is 22.6 Å². The molecular formula is C22H19N3O4. The largest absolute Gasteiger partial charge is 0.490 e. The molecule has 0 saturated heterocycles. The molecule has 29 heavy (non-hydrogen) atoms. The number of aromatic amines is 2. The maximum Gasteiger partial charge on any atom is 0.323 e. The number of H-pyrrole nitrogens is 2. The van der Waals surface area contributed by atoms with E-state index in [2.05, 4.69) is 15.3 Å². The van der Waals surface area contributed by atoms with E-state index < -0.39 is 0 Å². The molecule has 7 nitrogen and oxygen atoms in total. The summed E-state index contributed by atoms with van der Waals surface area (Å²) in [6.07, 6.45) is 0. The first-order valence-electron chi connectivity index (χ1n) is 9.12. The van der Waals surface area contributed by atoms with Gasteiger partial charge in [-0.2, -0.15) is 0 Å². The molecule has 0 aliphatic heterocycles. The first-order valence-corrected chi connectivity index (χ1v) is 9.12. The van der Waals surface area contributed by atoms with E-state index in [1.165, 1.54) is 0 Å². The number of ether oxygens (including phenoxy) is 2. The molecule has 0 saturated carbocycles. The molecule has 1 heterocycles. The van der Waals surface area contributed by atoms with Crippen LogP contribution >= 0.6 is 0 Å². The molecule has 0 unspecified atom stereocenters. The first kappa shape index (κ1) is 18.4. The van der Waals surface area contributed by atoms with Gasteiger partial charge in [0.05, 0.1) is 16.6 Å². The summed E-state index contributed by atoms with van der Waals surface area (Å²) in [6.45, 7) is 0.660. The summed E-state index contributed by atoms with van der Waals surface area (Å²) < 4.78 is 11.4. The van der Waals surface area contributed by atoms with Crippen molar-refractivity contribution in [2.45, 2.75) is 0 Å². The Labute approximate surface area is 166 Å².